The summed E-state index contributed by atoms with van der Waals surface area (Å²) in [5.74, 6) is -1.61. The standard InChI is InChI=1S/C18H34O4/c1-15(2,3)13-14(16(4,5)6)22-18(20-8)12-10-9-11-17(18,19-7)21-13/h13-14H,9-12H2,1-8H3/t13-,14-,17+,18+/m0/s1. The zero-order valence-electron chi connectivity index (χ0n) is 15.6. The van der Waals surface area contributed by atoms with Crippen LogP contribution < -0.4 is 0 Å². The molecule has 2 aliphatic rings. The maximum Gasteiger partial charge on any atom is 0.223 e. The van der Waals surface area contributed by atoms with Crippen molar-refractivity contribution in [3.63, 3.8) is 0 Å². The predicted molar refractivity (Wildman–Crippen MR) is 86.6 cm³/mol. The third-order valence-electron chi connectivity index (χ3n) is 5.12. The summed E-state index contributed by atoms with van der Waals surface area (Å²) in [6.45, 7) is 13.2. The van der Waals surface area contributed by atoms with Crippen LogP contribution in [0.25, 0.3) is 0 Å². The lowest BCUT2D eigenvalue weighted by molar-refractivity contribution is -0.484. The molecule has 0 radical (unpaired) electrons. The Kier molecular flexibility index (Phi) is 4.73. The number of rotatable bonds is 2. The molecule has 0 aromatic carbocycles. The second-order valence-electron chi connectivity index (χ2n) is 8.93. The van der Waals surface area contributed by atoms with E-state index in [1.165, 1.54) is 0 Å². The van der Waals surface area contributed by atoms with Crippen molar-refractivity contribution < 1.29 is 18.9 Å². The smallest absolute Gasteiger partial charge is 0.223 e. The van der Waals surface area contributed by atoms with E-state index in [0.717, 1.165) is 25.7 Å². The molecule has 22 heavy (non-hydrogen) atoms. The Morgan fingerprint density at radius 1 is 0.727 bits per heavy atom. The minimum absolute atomic E-state index is 0.0408. The highest BCUT2D eigenvalue weighted by atomic mass is 16.8. The molecular weight excluding hydrogens is 280 g/mol. The van der Waals surface area contributed by atoms with Gasteiger partial charge in [-0.1, -0.05) is 41.5 Å². The molecule has 4 heteroatoms. The second-order valence-corrected chi connectivity index (χ2v) is 8.93. The summed E-state index contributed by atoms with van der Waals surface area (Å²) in [6, 6.07) is 0. The quantitative estimate of drug-likeness (QED) is 0.768. The number of hydrogen-bond donors (Lipinski definition) is 0. The van der Waals surface area contributed by atoms with E-state index in [4.69, 9.17) is 18.9 Å². The summed E-state index contributed by atoms with van der Waals surface area (Å²) >= 11 is 0. The second kappa shape index (κ2) is 5.73. The fraction of sp³-hybridized carbons (Fsp3) is 1.00. The van der Waals surface area contributed by atoms with Crippen molar-refractivity contribution in [2.75, 3.05) is 14.2 Å². The van der Waals surface area contributed by atoms with E-state index < -0.39 is 11.6 Å². The van der Waals surface area contributed by atoms with Gasteiger partial charge in [0.05, 0.1) is 12.2 Å². The summed E-state index contributed by atoms with van der Waals surface area (Å²) in [6.07, 6.45) is 3.66. The van der Waals surface area contributed by atoms with Crippen LogP contribution in [0.15, 0.2) is 0 Å². The number of ether oxygens (including phenoxy) is 4. The Hall–Kier alpha value is -0.160. The summed E-state index contributed by atoms with van der Waals surface area (Å²) < 4.78 is 25.1. The summed E-state index contributed by atoms with van der Waals surface area (Å²) in [7, 11) is 3.42. The molecule has 1 aliphatic heterocycles. The molecule has 0 unspecified atom stereocenters. The van der Waals surface area contributed by atoms with Gasteiger partial charge in [0.2, 0.25) is 11.6 Å². The van der Waals surface area contributed by atoms with Crippen LogP contribution in [0, 0.1) is 10.8 Å². The lowest BCUT2D eigenvalue weighted by atomic mass is 9.73. The van der Waals surface area contributed by atoms with Crippen molar-refractivity contribution in [1.29, 1.82) is 0 Å². The first kappa shape index (κ1) is 18.2. The number of hydrogen-bond acceptors (Lipinski definition) is 4. The molecule has 2 rings (SSSR count). The molecule has 2 fully saturated rings. The Labute approximate surface area is 135 Å². The molecule has 1 heterocycles. The van der Waals surface area contributed by atoms with Gasteiger partial charge in [-0.3, -0.25) is 0 Å². The van der Waals surface area contributed by atoms with Crippen LogP contribution in [0.1, 0.15) is 67.2 Å². The zero-order chi connectivity index (χ0) is 16.8. The van der Waals surface area contributed by atoms with E-state index >= 15 is 0 Å². The van der Waals surface area contributed by atoms with Gasteiger partial charge in [-0.2, -0.15) is 0 Å². The fourth-order valence-electron chi connectivity index (χ4n) is 3.80. The molecule has 1 aliphatic carbocycles. The van der Waals surface area contributed by atoms with Gasteiger partial charge in [0, 0.05) is 27.1 Å². The molecule has 130 valence electrons. The van der Waals surface area contributed by atoms with Crippen LogP contribution in [0.5, 0.6) is 0 Å². The van der Waals surface area contributed by atoms with Crippen LogP contribution in [-0.2, 0) is 18.9 Å². The third kappa shape index (κ3) is 2.83. The van der Waals surface area contributed by atoms with Crippen LogP contribution in [0.3, 0.4) is 0 Å². The lowest BCUT2D eigenvalue weighted by Gasteiger charge is -2.61. The minimum Gasteiger partial charge on any atom is -0.349 e. The Morgan fingerprint density at radius 3 is 1.27 bits per heavy atom. The lowest BCUT2D eigenvalue weighted by Crippen LogP contribution is -2.72. The SMILES string of the molecule is CO[C@@]12CCCC[C@@]1(OC)O[C@H](C(C)(C)C)[C@@H](C(C)(C)C)O2. The number of fused-ring (bicyclic) bond motifs is 1. The predicted octanol–water partition coefficient (Wildman–Crippen LogP) is 4.12. The fourth-order valence-corrected chi connectivity index (χ4v) is 3.80. The van der Waals surface area contributed by atoms with Gasteiger partial charge in [0.15, 0.2) is 0 Å². The van der Waals surface area contributed by atoms with E-state index in [9.17, 15) is 0 Å². The van der Waals surface area contributed by atoms with Gasteiger partial charge in [-0.05, 0) is 23.7 Å². The monoisotopic (exact) mass is 314 g/mol. The van der Waals surface area contributed by atoms with E-state index in [1.807, 2.05) is 0 Å². The molecule has 0 spiro atoms. The maximum absolute atomic E-state index is 6.65. The zero-order valence-corrected chi connectivity index (χ0v) is 15.6. The molecule has 0 aromatic heterocycles. The molecule has 0 bridgehead atoms. The first-order valence-electron chi connectivity index (χ1n) is 8.47. The normalized spacial score (nSPS) is 40.4. The topological polar surface area (TPSA) is 36.9 Å². The van der Waals surface area contributed by atoms with Crippen molar-refractivity contribution in [3.05, 3.63) is 0 Å². The average molecular weight is 314 g/mol. The largest absolute Gasteiger partial charge is 0.349 e. The van der Waals surface area contributed by atoms with Gasteiger partial charge >= 0.3 is 0 Å². The summed E-state index contributed by atoms with van der Waals surface area (Å²) in [5.41, 5.74) is -0.0817. The van der Waals surface area contributed by atoms with E-state index in [-0.39, 0.29) is 23.0 Å². The molecule has 4 atom stereocenters. The highest BCUT2D eigenvalue weighted by molar-refractivity contribution is 5.03. The van der Waals surface area contributed by atoms with E-state index in [0.29, 0.717) is 0 Å². The van der Waals surface area contributed by atoms with E-state index in [2.05, 4.69) is 41.5 Å². The van der Waals surface area contributed by atoms with Gasteiger partial charge in [0.1, 0.15) is 0 Å². The summed E-state index contributed by atoms with van der Waals surface area (Å²) in [4.78, 5) is 0. The minimum atomic E-state index is -0.806. The first-order chi connectivity index (χ1) is 10.0. The van der Waals surface area contributed by atoms with Crippen molar-refractivity contribution in [3.8, 4) is 0 Å². The van der Waals surface area contributed by atoms with E-state index in [1.54, 1.807) is 14.2 Å². The highest BCUT2D eigenvalue weighted by Gasteiger charge is 2.65. The molecule has 0 amide bonds. The van der Waals surface area contributed by atoms with Crippen LogP contribution >= 0.6 is 0 Å². The maximum atomic E-state index is 6.65. The van der Waals surface area contributed by atoms with Gasteiger partial charge in [-0.15, -0.1) is 0 Å². The van der Waals surface area contributed by atoms with Crippen molar-refractivity contribution in [2.45, 2.75) is 91.0 Å². The van der Waals surface area contributed by atoms with Gasteiger partial charge < -0.3 is 18.9 Å². The van der Waals surface area contributed by atoms with Crippen molar-refractivity contribution >= 4 is 0 Å². The van der Waals surface area contributed by atoms with Crippen LogP contribution in [0.4, 0.5) is 0 Å². The van der Waals surface area contributed by atoms with Crippen molar-refractivity contribution in [2.24, 2.45) is 10.8 Å². The molecule has 0 aromatic rings. The Balaban J connectivity index is 2.48. The first-order valence-corrected chi connectivity index (χ1v) is 8.47. The average Bonchev–Trinajstić information content (AvgIpc) is 2.43. The van der Waals surface area contributed by atoms with Gasteiger partial charge in [-0.25, -0.2) is 0 Å². The number of methoxy groups -OCH3 is 2. The molecule has 1 saturated heterocycles. The van der Waals surface area contributed by atoms with Crippen LogP contribution in [0.2, 0.25) is 0 Å². The summed E-state index contributed by atoms with van der Waals surface area (Å²) in [5, 5.41) is 0. The highest BCUT2D eigenvalue weighted by Crippen LogP contribution is 2.53. The third-order valence-corrected chi connectivity index (χ3v) is 5.12. The van der Waals surface area contributed by atoms with Gasteiger partial charge in [0.25, 0.3) is 0 Å². The molecular formula is C18H34O4. The molecule has 4 nitrogen and oxygen atoms in total. The molecule has 0 N–H and O–H groups in total. The Bertz CT molecular complexity index is 357. The Morgan fingerprint density at radius 2 is 1.05 bits per heavy atom. The molecule has 1 saturated carbocycles. The van der Waals surface area contributed by atoms with Crippen molar-refractivity contribution in [1.82, 2.24) is 0 Å². The van der Waals surface area contributed by atoms with Crippen LogP contribution in [-0.4, -0.2) is 38.0 Å².